The third kappa shape index (κ3) is 4.03. The van der Waals surface area contributed by atoms with Crippen molar-refractivity contribution in [3.63, 3.8) is 0 Å². The van der Waals surface area contributed by atoms with Gasteiger partial charge in [-0.25, -0.2) is 9.67 Å². The Bertz CT molecular complexity index is 802. The van der Waals surface area contributed by atoms with Crippen LogP contribution < -0.4 is 5.32 Å². The molecule has 3 aromatic rings. The second-order valence-corrected chi connectivity index (χ2v) is 5.45. The highest BCUT2D eigenvalue weighted by Gasteiger charge is 2.08. The highest BCUT2D eigenvalue weighted by atomic mass is 16.2. The lowest BCUT2D eigenvalue weighted by atomic mass is 10.1. The Hall–Kier alpha value is -2.96. The minimum absolute atomic E-state index is 0.139. The molecule has 0 unspecified atom stereocenters. The van der Waals surface area contributed by atoms with Crippen LogP contribution in [0.4, 0.5) is 5.95 Å². The van der Waals surface area contributed by atoms with E-state index in [1.54, 1.807) is 21.9 Å². The van der Waals surface area contributed by atoms with E-state index in [-0.39, 0.29) is 12.5 Å². The molecule has 3 rings (SSSR count). The molecule has 0 spiro atoms. The van der Waals surface area contributed by atoms with Gasteiger partial charge in [-0.05, 0) is 25.5 Å². The van der Waals surface area contributed by atoms with E-state index >= 15 is 0 Å². The van der Waals surface area contributed by atoms with Crippen molar-refractivity contribution in [2.75, 3.05) is 5.32 Å². The Labute approximate surface area is 134 Å². The highest BCUT2D eigenvalue weighted by Crippen LogP contribution is 2.06. The van der Waals surface area contributed by atoms with Crippen molar-refractivity contribution >= 4 is 11.9 Å². The predicted molar refractivity (Wildman–Crippen MR) is 85.9 cm³/mol. The number of rotatable bonds is 5. The lowest BCUT2D eigenvalue weighted by Gasteiger charge is -2.02. The lowest BCUT2D eigenvalue weighted by molar-refractivity contribution is -0.116. The first-order chi connectivity index (χ1) is 11.1. The first-order valence-corrected chi connectivity index (χ1v) is 7.33. The normalized spacial score (nSPS) is 10.7. The summed E-state index contributed by atoms with van der Waals surface area (Å²) in [6.07, 6.45) is 3.37. The average molecular weight is 310 g/mol. The van der Waals surface area contributed by atoms with Gasteiger partial charge in [0, 0.05) is 6.20 Å². The second-order valence-electron chi connectivity index (χ2n) is 5.45. The maximum absolute atomic E-state index is 11.9. The number of aromatic nitrogens is 5. The van der Waals surface area contributed by atoms with Gasteiger partial charge in [0.15, 0.2) is 0 Å². The van der Waals surface area contributed by atoms with Crippen molar-refractivity contribution in [3.05, 3.63) is 59.7 Å². The fourth-order valence-corrected chi connectivity index (χ4v) is 2.17. The molecule has 1 amide bonds. The number of nitrogens with zero attached hydrogens (tertiary/aromatic N) is 5. The molecule has 1 N–H and O–H groups in total. The lowest BCUT2D eigenvalue weighted by Crippen LogP contribution is -2.20. The number of amides is 1. The summed E-state index contributed by atoms with van der Waals surface area (Å²) in [6, 6.07) is 10.1. The van der Waals surface area contributed by atoms with Gasteiger partial charge in [-0.3, -0.25) is 14.8 Å². The van der Waals surface area contributed by atoms with Crippen LogP contribution in [0.3, 0.4) is 0 Å². The minimum atomic E-state index is -0.207. The summed E-state index contributed by atoms with van der Waals surface area (Å²) in [5.74, 6) is 0.0900. The standard InChI is InChI=1S/C16H18N6O/c1-12-3-5-14(6-4-12)9-22-11-17-16(20-22)18-15(23)10-21-8-7-13(2)19-21/h3-8,11H,9-10H2,1-2H3,(H,18,20,23). The Morgan fingerprint density at radius 2 is 1.87 bits per heavy atom. The number of anilines is 1. The maximum Gasteiger partial charge on any atom is 0.248 e. The van der Waals surface area contributed by atoms with Crippen LogP contribution in [0.15, 0.2) is 42.9 Å². The van der Waals surface area contributed by atoms with Crippen LogP contribution in [0, 0.1) is 13.8 Å². The Balaban J connectivity index is 1.58. The smallest absolute Gasteiger partial charge is 0.248 e. The Kier molecular flexibility index (Phi) is 4.18. The summed E-state index contributed by atoms with van der Waals surface area (Å²) in [5.41, 5.74) is 3.22. The van der Waals surface area contributed by atoms with Gasteiger partial charge in [0.05, 0.1) is 12.2 Å². The van der Waals surface area contributed by atoms with Gasteiger partial charge >= 0.3 is 0 Å². The molecule has 0 atom stereocenters. The summed E-state index contributed by atoms with van der Waals surface area (Å²) in [4.78, 5) is 16.0. The monoisotopic (exact) mass is 310 g/mol. The molecule has 0 aliphatic rings. The number of nitrogens with one attached hydrogen (secondary N) is 1. The second kappa shape index (κ2) is 6.43. The number of benzene rings is 1. The Morgan fingerprint density at radius 3 is 2.57 bits per heavy atom. The minimum Gasteiger partial charge on any atom is -0.292 e. The first kappa shape index (κ1) is 15.0. The van der Waals surface area contributed by atoms with Crippen molar-refractivity contribution in [3.8, 4) is 0 Å². The average Bonchev–Trinajstić information content (AvgIpc) is 3.11. The van der Waals surface area contributed by atoms with E-state index in [4.69, 9.17) is 0 Å². The van der Waals surface area contributed by atoms with E-state index in [9.17, 15) is 4.79 Å². The third-order valence-electron chi connectivity index (χ3n) is 3.33. The first-order valence-electron chi connectivity index (χ1n) is 7.33. The van der Waals surface area contributed by atoms with Gasteiger partial charge in [0.2, 0.25) is 11.9 Å². The molecule has 23 heavy (non-hydrogen) atoms. The molecule has 0 saturated heterocycles. The van der Waals surface area contributed by atoms with E-state index in [2.05, 4.69) is 44.8 Å². The van der Waals surface area contributed by atoms with Crippen LogP contribution in [0.2, 0.25) is 0 Å². The van der Waals surface area contributed by atoms with E-state index in [1.807, 2.05) is 19.9 Å². The zero-order chi connectivity index (χ0) is 16.2. The topological polar surface area (TPSA) is 77.6 Å². The number of carbonyl (C=O) groups excluding carboxylic acids is 1. The van der Waals surface area contributed by atoms with E-state index < -0.39 is 0 Å². The molecule has 0 bridgehead atoms. The van der Waals surface area contributed by atoms with Crippen molar-refractivity contribution in [2.45, 2.75) is 26.9 Å². The number of aryl methyl sites for hydroxylation is 2. The fraction of sp³-hybridized carbons (Fsp3) is 0.250. The maximum atomic E-state index is 11.9. The Morgan fingerprint density at radius 1 is 1.09 bits per heavy atom. The zero-order valence-electron chi connectivity index (χ0n) is 13.1. The molecule has 0 fully saturated rings. The van der Waals surface area contributed by atoms with Crippen LogP contribution in [-0.4, -0.2) is 30.5 Å². The molecule has 2 aromatic heterocycles. The number of hydrogen-bond donors (Lipinski definition) is 1. The van der Waals surface area contributed by atoms with Crippen LogP contribution in [0.25, 0.3) is 0 Å². The van der Waals surface area contributed by atoms with Crippen LogP contribution in [0.5, 0.6) is 0 Å². The molecule has 7 nitrogen and oxygen atoms in total. The van der Waals surface area contributed by atoms with Gasteiger partial charge in [-0.2, -0.15) is 5.10 Å². The molecular formula is C16H18N6O. The third-order valence-corrected chi connectivity index (χ3v) is 3.33. The van der Waals surface area contributed by atoms with Gasteiger partial charge in [-0.15, -0.1) is 5.10 Å². The molecule has 0 aliphatic carbocycles. The van der Waals surface area contributed by atoms with Crippen molar-refractivity contribution in [1.29, 1.82) is 0 Å². The fourth-order valence-electron chi connectivity index (χ4n) is 2.17. The SMILES string of the molecule is Cc1ccc(Cn2cnc(NC(=O)Cn3ccc(C)n3)n2)cc1. The molecule has 7 heteroatoms. The number of carbonyl (C=O) groups is 1. The van der Waals surface area contributed by atoms with E-state index in [1.165, 1.54) is 5.56 Å². The van der Waals surface area contributed by atoms with Gasteiger partial charge in [0.25, 0.3) is 0 Å². The zero-order valence-corrected chi connectivity index (χ0v) is 13.1. The molecule has 1 aromatic carbocycles. The van der Waals surface area contributed by atoms with Crippen molar-refractivity contribution in [2.24, 2.45) is 0 Å². The van der Waals surface area contributed by atoms with Gasteiger partial charge in [-0.1, -0.05) is 29.8 Å². The van der Waals surface area contributed by atoms with Crippen LogP contribution >= 0.6 is 0 Å². The van der Waals surface area contributed by atoms with Crippen LogP contribution in [-0.2, 0) is 17.9 Å². The van der Waals surface area contributed by atoms with E-state index in [0.29, 0.717) is 12.5 Å². The highest BCUT2D eigenvalue weighted by molar-refractivity contribution is 5.88. The summed E-state index contributed by atoms with van der Waals surface area (Å²) in [6.45, 7) is 4.68. The van der Waals surface area contributed by atoms with Crippen molar-refractivity contribution < 1.29 is 4.79 Å². The predicted octanol–water partition coefficient (Wildman–Crippen LogP) is 1.78. The quantitative estimate of drug-likeness (QED) is 0.779. The molecule has 118 valence electrons. The molecule has 2 heterocycles. The molecule has 0 radical (unpaired) electrons. The summed E-state index contributed by atoms with van der Waals surface area (Å²) in [5, 5.41) is 11.1. The largest absolute Gasteiger partial charge is 0.292 e. The molecule has 0 saturated carbocycles. The van der Waals surface area contributed by atoms with Gasteiger partial charge < -0.3 is 0 Å². The number of hydrogen-bond acceptors (Lipinski definition) is 4. The van der Waals surface area contributed by atoms with E-state index in [0.717, 1.165) is 11.3 Å². The summed E-state index contributed by atoms with van der Waals surface area (Å²) < 4.78 is 3.27. The van der Waals surface area contributed by atoms with Crippen molar-refractivity contribution in [1.82, 2.24) is 24.5 Å². The van der Waals surface area contributed by atoms with Gasteiger partial charge in [0.1, 0.15) is 12.9 Å². The summed E-state index contributed by atoms with van der Waals surface area (Å²) >= 11 is 0. The molecule has 0 aliphatic heterocycles. The van der Waals surface area contributed by atoms with Crippen LogP contribution in [0.1, 0.15) is 16.8 Å². The molecular weight excluding hydrogens is 292 g/mol. The summed E-state index contributed by atoms with van der Waals surface area (Å²) in [7, 11) is 0.